The minimum Gasteiger partial charge on any atom is -0.493 e. The van der Waals surface area contributed by atoms with Gasteiger partial charge in [0.1, 0.15) is 12.6 Å². The molecule has 0 spiro atoms. The monoisotopic (exact) mass is 236 g/mol. The van der Waals surface area contributed by atoms with Crippen molar-refractivity contribution in [3.8, 4) is 17.6 Å². The number of hydrogen-bond acceptors (Lipinski definition) is 5. The highest BCUT2D eigenvalue weighted by Gasteiger charge is 2.09. The van der Waals surface area contributed by atoms with Crippen molar-refractivity contribution in [3.63, 3.8) is 0 Å². The molecule has 2 N–H and O–H groups in total. The first-order valence-corrected chi connectivity index (χ1v) is 5.22. The fourth-order valence-electron chi connectivity index (χ4n) is 1.29. The van der Waals surface area contributed by atoms with Crippen LogP contribution in [0, 0.1) is 11.3 Å². The lowest BCUT2D eigenvalue weighted by molar-refractivity contribution is 0.271. The zero-order valence-corrected chi connectivity index (χ0v) is 9.93. The van der Waals surface area contributed by atoms with Gasteiger partial charge in [-0.05, 0) is 24.7 Å². The van der Waals surface area contributed by atoms with Crippen LogP contribution in [0.2, 0.25) is 0 Å². The van der Waals surface area contributed by atoms with E-state index in [2.05, 4.69) is 11.4 Å². The van der Waals surface area contributed by atoms with Crippen molar-refractivity contribution < 1.29 is 14.6 Å². The maximum Gasteiger partial charge on any atom is 0.161 e. The summed E-state index contributed by atoms with van der Waals surface area (Å²) in [7, 11) is 3.23. The van der Waals surface area contributed by atoms with Gasteiger partial charge < -0.3 is 19.9 Å². The molecule has 17 heavy (non-hydrogen) atoms. The zero-order valence-electron chi connectivity index (χ0n) is 9.93. The Morgan fingerprint density at radius 3 is 2.76 bits per heavy atom. The molecule has 5 heteroatoms. The molecule has 0 fully saturated rings. The third-order valence-corrected chi connectivity index (χ3v) is 2.32. The summed E-state index contributed by atoms with van der Waals surface area (Å²) in [6, 6.07) is 6.87. The highest BCUT2D eigenvalue weighted by atomic mass is 16.5. The lowest BCUT2D eigenvalue weighted by Gasteiger charge is -2.13. The Balaban J connectivity index is 2.74. The number of hydrogen-bond donors (Lipinski definition) is 2. The first-order valence-electron chi connectivity index (χ1n) is 5.22. The summed E-state index contributed by atoms with van der Waals surface area (Å²) in [6.07, 6.45) is 0. The van der Waals surface area contributed by atoms with Crippen molar-refractivity contribution in [1.29, 1.82) is 5.26 Å². The van der Waals surface area contributed by atoms with Crippen LogP contribution in [0.4, 0.5) is 0 Å². The van der Waals surface area contributed by atoms with E-state index in [1.165, 1.54) is 7.11 Å². The highest BCUT2D eigenvalue weighted by molar-refractivity contribution is 5.42. The van der Waals surface area contributed by atoms with Gasteiger partial charge in [0, 0.05) is 0 Å². The minimum atomic E-state index is -0.364. The number of methoxy groups -OCH3 is 1. The molecule has 1 atom stereocenters. The van der Waals surface area contributed by atoms with E-state index < -0.39 is 0 Å². The SMILES string of the molecule is CNC(C#N)COc1ccc(CO)cc1OC. The Labute approximate surface area is 101 Å². The average Bonchev–Trinajstić information content (AvgIpc) is 2.39. The molecule has 5 nitrogen and oxygen atoms in total. The molecule has 0 radical (unpaired) electrons. The molecule has 0 aliphatic carbocycles. The minimum absolute atomic E-state index is 0.0476. The van der Waals surface area contributed by atoms with Gasteiger partial charge in [0.05, 0.1) is 19.8 Å². The molecular formula is C12H16N2O3. The summed E-state index contributed by atoms with van der Waals surface area (Å²) < 4.78 is 10.6. The summed E-state index contributed by atoms with van der Waals surface area (Å²) in [5.41, 5.74) is 0.750. The maximum atomic E-state index is 8.99. The molecule has 0 amide bonds. The number of nitrogens with one attached hydrogen (secondary N) is 1. The van der Waals surface area contributed by atoms with Crippen molar-refractivity contribution in [1.82, 2.24) is 5.32 Å². The van der Waals surface area contributed by atoms with Gasteiger partial charge in [0.2, 0.25) is 0 Å². The topological polar surface area (TPSA) is 74.5 Å². The van der Waals surface area contributed by atoms with E-state index in [-0.39, 0.29) is 19.3 Å². The Bertz CT molecular complexity index is 401. The van der Waals surface area contributed by atoms with Crippen LogP contribution in [-0.4, -0.2) is 31.9 Å². The van der Waals surface area contributed by atoms with E-state index in [1.54, 1.807) is 25.2 Å². The number of aliphatic hydroxyl groups is 1. The third-order valence-electron chi connectivity index (χ3n) is 2.32. The molecule has 0 bridgehead atoms. The summed E-state index contributed by atoms with van der Waals surface area (Å²) in [4.78, 5) is 0. The van der Waals surface area contributed by atoms with Gasteiger partial charge in [-0.25, -0.2) is 0 Å². The quantitative estimate of drug-likeness (QED) is 0.759. The van der Waals surface area contributed by atoms with Crippen LogP contribution in [0.3, 0.4) is 0 Å². The molecule has 0 heterocycles. The lowest BCUT2D eigenvalue weighted by atomic mass is 10.2. The fraction of sp³-hybridized carbons (Fsp3) is 0.417. The standard InChI is InChI=1S/C12H16N2O3/c1-14-10(6-13)8-17-11-4-3-9(7-15)5-12(11)16-2/h3-5,10,14-15H,7-8H2,1-2H3. The van der Waals surface area contributed by atoms with Crippen molar-refractivity contribution in [2.45, 2.75) is 12.6 Å². The van der Waals surface area contributed by atoms with Gasteiger partial charge in [-0.15, -0.1) is 0 Å². The number of aliphatic hydroxyl groups excluding tert-OH is 1. The summed E-state index contributed by atoms with van der Waals surface area (Å²) in [5.74, 6) is 1.10. The van der Waals surface area contributed by atoms with Gasteiger partial charge in [0.25, 0.3) is 0 Å². The fourth-order valence-corrected chi connectivity index (χ4v) is 1.29. The Kier molecular flexibility index (Phi) is 5.27. The molecular weight excluding hydrogens is 220 g/mol. The Morgan fingerprint density at radius 1 is 1.47 bits per heavy atom. The first-order chi connectivity index (χ1) is 8.24. The molecule has 1 aromatic rings. The van der Waals surface area contributed by atoms with Gasteiger partial charge in [-0.1, -0.05) is 6.07 Å². The predicted octanol–water partition coefficient (Wildman–Crippen LogP) is 0.678. The van der Waals surface area contributed by atoms with E-state index in [9.17, 15) is 0 Å². The van der Waals surface area contributed by atoms with Crippen molar-refractivity contribution in [2.24, 2.45) is 0 Å². The third kappa shape index (κ3) is 3.63. The van der Waals surface area contributed by atoms with Crippen LogP contribution in [-0.2, 0) is 6.61 Å². The molecule has 92 valence electrons. The number of rotatable bonds is 6. The molecule has 0 saturated heterocycles. The average molecular weight is 236 g/mol. The Morgan fingerprint density at radius 2 is 2.24 bits per heavy atom. The number of benzene rings is 1. The Hall–Kier alpha value is -1.77. The summed E-state index contributed by atoms with van der Waals surface area (Å²) in [6.45, 7) is 0.190. The van der Waals surface area contributed by atoms with Crippen molar-refractivity contribution in [2.75, 3.05) is 20.8 Å². The van der Waals surface area contributed by atoms with Crippen LogP contribution < -0.4 is 14.8 Å². The molecule has 0 aromatic heterocycles. The summed E-state index contributed by atoms with van der Waals surface area (Å²) >= 11 is 0. The zero-order chi connectivity index (χ0) is 12.7. The van der Waals surface area contributed by atoms with Gasteiger partial charge in [-0.2, -0.15) is 5.26 Å². The van der Waals surface area contributed by atoms with Crippen LogP contribution in [0.5, 0.6) is 11.5 Å². The van der Waals surface area contributed by atoms with E-state index in [4.69, 9.17) is 19.8 Å². The van der Waals surface area contributed by atoms with Crippen LogP contribution in [0.15, 0.2) is 18.2 Å². The molecule has 1 rings (SSSR count). The predicted molar refractivity (Wildman–Crippen MR) is 62.9 cm³/mol. The highest BCUT2D eigenvalue weighted by Crippen LogP contribution is 2.28. The van der Waals surface area contributed by atoms with Gasteiger partial charge in [0.15, 0.2) is 11.5 Å². The number of nitrogens with zero attached hydrogens (tertiary/aromatic N) is 1. The summed E-state index contributed by atoms with van der Waals surface area (Å²) in [5, 5.41) is 20.6. The van der Waals surface area contributed by atoms with Gasteiger partial charge in [-0.3, -0.25) is 0 Å². The largest absolute Gasteiger partial charge is 0.493 e. The molecule has 0 aliphatic rings. The smallest absolute Gasteiger partial charge is 0.161 e. The lowest BCUT2D eigenvalue weighted by Crippen LogP contribution is -2.29. The van der Waals surface area contributed by atoms with E-state index in [0.29, 0.717) is 11.5 Å². The number of nitriles is 1. The molecule has 0 aliphatic heterocycles. The van der Waals surface area contributed by atoms with Crippen molar-refractivity contribution in [3.05, 3.63) is 23.8 Å². The second-order valence-corrected chi connectivity index (χ2v) is 3.42. The van der Waals surface area contributed by atoms with E-state index >= 15 is 0 Å². The van der Waals surface area contributed by atoms with E-state index in [0.717, 1.165) is 5.56 Å². The normalized spacial score (nSPS) is 11.6. The number of ether oxygens (including phenoxy) is 2. The van der Waals surface area contributed by atoms with Gasteiger partial charge >= 0.3 is 0 Å². The maximum absolute atomic E-state index is 8.99. The molecule has 1 aromatic carbocycles. The van der Waals surface area contributed by atoms with Crippen LogP contribution in [0.25, 0.3) is 0 Å². The van der Waals surface area contributed by atoms with E-state index in [1.807, 2.05) is 0 Å². The van der Waals surface area contributed by atoms with Crippen molar-refractivity contribution >= 4 is 0 Å². The first kappa shape index (κ1) is 13.3. The number of likely N-dealkylation sites (N-methyl/N-ethyl adjacent to an activating group) is 1. The van der Waals surface area contributed by atoms with Crippen LogP contribution >= 0.6 is 0 Å². The second kappa shape index (κ2) is 6.74. The van der Waals surface area contributed by atoms with Crippen LogP contribution in [0.1, 0.15) is 5.56 Å². The second-order valence-electron chi connectivity index (χ2n) is 3.42. The molecule has 0 saturated carbocycles. The molecule has 1 unspecified atom stereocenters.